The van der Waals surface area contributed by atoms with Crippen LogP contribution < -0.4 is 0 Å². The van der Waals surface area contributed by atoms with Crippen LogP contribution in [0.3, 0.4) is 0 Å². The molecule has 0 aliphatic rings. The van der Waals surface area contributed by atoms with Crippen molar-refractivity contribution in [2.24, 2.45) is 0 Å². The van der Waals surface area contributed by atoms with Crippen LogP contribution in [0.1, 0.15) is 59.3 Å². The topological polar surface area (TPSA) is 0 Å². The first kappa shape index (κ1) is 12.5. The number of unbranched alkanes of at least 4 members (excludes halogenated alkanes) is 2. The van der Waals surface area contributed by atoms with Gasteiger partial charge in [-0.3, -0.25) is 0 Å². The standard InChI is InChI=1S/C13H24/c1-4-7-9-11-13(6-3)12-10-8-5-2/h7,9,12H,4-6,8,10-11H2,1-3H3. The molecule has 0 spiro atoms. The molecule has 0 amide bonds. The molecule has 0 N–H and O–H groups in total. The van der Waals surface area contributed by atoms with E-state index in [4.69, 9.17) is 0 Å². The van der Waals surface area contributed by atoms with Gasteiger partial charge < -0.3 is 0 Å². The van der Waals surface area contributed by atoms with Gasteiger partial charge in [0.1, 0.15) is 0 Å². The van der Waals surface area contributed by atoms with Crippen molar-refractivity contribution >= 4 is 0 Å². The fourth-order valence-electron chi connectivity index (χ4n) is 1.28. The van der Waals surface area contributed by atoms with Crippen LogP contribution in [-0.2, 0) is 0 Å². The van der Waals surface area contributed by atoms with Crippen molar-refractivity contribution in [2.75, 3.05) is 0 Å². The molecule has 0 radical (unpaired) electrons. The predicted molar refractivity (Wildman–Crippen MR) is 61.9 cm³/mol. The third-order valence-electron chi connectivity index (χ3n) is 2.23. The lowest BCUT2D eigenvalue weighted by atomic mass is 10.1. The van der Waals surface area contributed by atoms with E-state index in [0.717, 1.165) is 12.8 Å². The van der Waals surface area contributed by atoms with Gasteiger partial charge in [0.15, 0.2) is 0 Å². The Balaban J connectivity index is 3.72. The molecule has 0 aromatic rings. The maximum Gasteiger partial charge on any atom is -0.0139 e. The maximum atomic E-state index is 2.42. The Morgan fingerprint density at radius 3 is 2.38 bits per heavy atom. The van der Waals surface area contributed by atoms with Crippen LogP contribution in [0.2, 0.25) is 0 Å². The van der Waals surface area contributed by atoms with Crippen molar-refractivity contribution in [1.82, 2.24) is 0 Å². The van der Waals surface area contributed by atoms with E-state index in [1.54, 1.807) is 5.57 Å². The molecule has 13 heavy (non-hydrogen) atoms. The van der Waals surface area contributed by atoms with Crippen LogP contribution in [0.25, 0.3) is 0 Å². The lowest BCUT2D eigenvalue weighted by Crippen LogP contribution is -1.79. The van der Waals surface area contributed by atoms with Gasteiger partial charge >= 0.3 is 0 Å². The smallest absolute Gasteiger partial charge is 0.0139 e. The highest BCUT2D eigenvalue weighted by Crippen LogP contribution is 2.10. The zero-order valence-electron chi connectivity index (χ0n) is 9.47. The second-order valence-corrected chi connectivity index (χ2v) is 3.44. The zero-order valence-corrected chi connectivity index (χ0v) is 9.47. The summed E-state index contributed by atoms with van der Waals surface area (Å²) in [5.74, 6) is 0. The van der Waals surface area contributed by atoms with E-state index in [0.29, 0.717) is 0 Å². The monoisotopic (exact) mass is 180 g/mol. The molecule has 0 nitrogen and oxygen atoms in total. The van der Waals surface area contributed by atoms with Gasteiger partial charge in [-0.2, -0.15) is 0 Å². The van der Waals surface area contributed by atoms with Gasteiger partial charge in [0.2, 0.25) is 0 Å². The highest BCUT2D eigenvalue weighted by Gasteiger charge is 1.90. The summed E-state index contributed by atoms with van der Waals surface area (Å²) >= 11 is 0. The molecular weight excluding hydrogens is 156 g/mol. The van der Waals surface area contributed by atoms with Crippen LogP contribution in [-0.4, -0.2) is 0 Å². The second kappa shape index (κ2) is 9.57. The molecular formula is C13H24. The van der Waals surface area contributed by atoms with E-state index in [9.17, 15) is 0 Å². The highest BCUT2D eigenvalue weighted by atomic mass is 14.0. The van der Waals surface area contributed by atoms with E-state index in [1.165, 1.54) is 25.7 Å². The summed E-state index contributed by atoms with van der Waals surface area (Å²) in [6.07, 6.45) is 14.4. The Kier molecular flexibility index (Phi) is 9.18. The highest BCUT2D eigenvalue weighted by molar-refractivity contribution is 5.06. The van der Waals surface area contributed by atoms with E-state index in [-0.39, 0.29) is 0 Å². The Bertz CT molecular complexity index is 151. The van der Waals surface area contributed by atoms with Gasteiger partial charge in [-0.05, 0) is 25.7 Å². The van der Waals surface area contributed by atoms with Crippen LogP contribution in [0.4, 0.5) is 0 Å². The van der Waals surface area contributed by atoms with Crippen molar-refractivity contribution in [3.05, 3.63) is 23.8 Å². The molecule has 0 atom stereocenters. The molecule has 0 unspecified atom stereocenters. The van der Waals surface area contributed by atoms with Gasteiger partial charge in [-0.1, -0.05) is 57.4 Å². The van der Waals surface area contributed by atoms with Crippen molar-refractivity contribution in [1.29, 1.82) is 0 Å². The van der Waals surface area contributed by atoms with Crippen LogP contribution in [0.15, 0.2) is 23.8 Å². The molecule has 0 aliphatic carbocycles. The minimum Gasteiger partial charge on any atom is -0.0885 e. The average molecular weight is 180 g/mol. The average Bonchev–Trinajstić information content (AvgIpc) is 2.16. The third-order valence-corrected chi connectivity index (χ3v) is 2.23. The van der Waals surface area contributed by atoms with Gasteiger partial charge in [0.05, 0.1) is 0 Å². The first-order valence-corrected chi connectivity index (χ1v) is 5.68. The first-order chi connectivity index (χ1) is 6.35. The fraction of sp³-hybridized carbons (Fsp3) is 0.692. The number of hydrogen-bond acceptors (Lipinski definition) is 0. The summed E-state index contributed by atoms with van der Waals surface area (Å²) in [7, 11) is 0. The minimum atomic E-state index is 1.16. The number of allylic oxidation sites excluding steroid dienone is 4. The summed E-state index contributed by atoms with van der Waals surface area (Å²) in [5, 5.41) is 0. The second-order valence-electron chi connectivity index (χ2n) is 3.44. The minimum absolute atomic E-state index is 1.16. The predicted octanol–water partition coefficient (Wildman–Crippen LogP) is 4.87. The lowest BCUT2D eigenvalue weighted by Gasteiger charge is -2.00. The van der Waals surface area contributed by atoms with Crippen molar-refractivity contribution in [2.45, 2.75) is 59.3 Å². The molecule has 0 aliphatic heterocycles. The summed E-state index contributed by atoms with van der Waals surface area (Å²) in [6.45, 7) is 6.68. The molecule has 0 fully saturated rings. The Hall–Kier alpha value is -0.520. The molecule has 0 saturated heterocycles. The van der Waals surface area contributed by atoms with Gasteiger partial charge in [0.25, 0.3) is 0 Å². The van der Waals surface area contributed by atoms with E-state index in [2.05, 4.69) is 39.0 Å². The summed E-state index contributed by atoms with van der Waals surface area (Å²) in [6, 6.07) is 0. The Morgan fingerprint density at radius 2 is 1.85 bits per heavy atom. The molecule has 0 aromatic carbocycles. The van der Waals surface area contributed by atoms with Gasteiger partial charge in [0, 0.05) is 0 Å². The molecule has 0 saturated carbocycles. The third kappa shape index (κ3) is 7.83. The van der Waals surface area contributed by atoms with E-state index in [1.807, 2.05) is 0 Å². The quantitative estimate of drug-likeness (QED) is 0.387. The molecule has 0 bridgehead atoms. The lowest BCUT2D eigenvalue weighted by molar-refractivity contribution is 0.804. The van der Waals surface area contributed by atoms with E-state index >= 15 is 0 Å². The van der Waals surface area contributed by atoms with Crippen LogP contribution >= 0.6 is 0 Å². The van der Waals surface area contributed by atoms with Crippen LogP contribution in [0, 0.1) is 0 Å². The van der Waals surface area contributed by atoms with Gasteiger partial charge in [-0.15, -0.1) is 0 Å². The maximum absolute atomic E-state index is 2.42. The summed E-state index contributed by atoms with van der Waals surface area (Å²) in [4.78, 5) is 0. The number of hydrogen-bond donors (Lipinski definition) is 0. The van der Waals surface area contributed by atoms with Crippen molar-refractivity contribution < 1.29 is 0 Å². The fourth-order valence-corrected chi connectivity index (χ4v) is 1.28. The zero-order chi connectivity index (χ0) is 9.94. The summed E-state index contributed by atoms with van der Waals surface area (Å²) < 4.78 is 0. The first-order valence-electron chi connectivity index (χ1n) is 5.68. The molecule has 0 heteroatoms. The number of rotatable bonds is 7. The normalized spacial score (nSPS) is 12.7. The van der Waals surface area contributed by atoms with Crippen molar-refractivity contribution in [3.8, 4) is 0 Å². The molecule has 0 rings (SSSR count). The largest absolute Gasteiger partial charge is 0.0885 e. The van der Waals surface area contributed by atoms with Gasteiger partial charge in [-0.25, -0.2) is 0 Å². The van der Waals surface area contributed by atoms with Crippen LogP contribution in [0.5, 0.6) is 0 Å². The van der Waals surface area contributed by atoms with E-state index < -0.39 is 0 Å². The molecule has 0 aromatic heterocycles. The summed E-state index contributed by atoms with van der Waals surface area (Å²) in [5.41, 5.74) is 1.60. The van der Waals surface area contributed by atoms with Crippen molar-refractivity contribution in [3.63, 3.8) is 0 Å². The SMILES string of the molecule is CCC=CCC(=CCCCC)CC. The Labute approximate surface area is 83.7 Å². The molecule has 0 heterocycles. The Morgan fingerprint density at radius 1 is 1.08 bits per heavy atom. The molecule has 76 valence electrons.